The molecule has 0 saturated carbocycles. The van der Waals surface area contributed by atoms with Crippen LogP contribution in [0.25, 0.3) is 0 Å². The van der Waals surface area contributed by atoms with Gasteiger partial charge in [-0.05, 0) is 184 Å². The van der Waals surface area contributed by atoms with Gasteiger partial charge in [0.15, 0.2) is 7.51 Å². The predicted molar refractivity (Wildman–Crippen MR) is 386 cm³/mol. The van der Waals surface area contributed by atoms with Gasteiger partial charge in [0.05, 0.1) is 25.5 Å². The molecule has 4 fully saturated rings. The summed E-state index contributed by atoms with van der Waals surface area (Å²) in [5.74, 6) is 2.00. The number of hydrogen-bond acceptors (Lipinski definition) is 7. The average Bonchev–Trinajstić information content (AvgIpc) is 2.04. The first kappa shape index (κ1) is 73.7. The van der Waals surface area contributed by atoms with Gasteiger partial charge in [0.1, 0.15) is 0 Å². The van der Waals surface area contributed by atoms with Crippen LogP contribution in [0.2, 0.25) is 29.3 Å². The Bertz CT molecular complexity index is 2350. The van der Waals surface area contributed by atoms with Crippen molar-refractivity contribution in [3.8, 4) is 0 Å². The van der Waals surface area contributed by atoms with Gasteiger partial charge in [-0.2, -0.15) is 0 Å². The molecule has 7 aliphatic rings. The van der Waals surface area contributed by atoms with Crippen LogP contribution in [0.1, 0.15) is 263 Å². The number of nitrogens with zero attached hydrogens (tertiary/aromatic N) is 10. The molecule has 9 rings (SSSR count). The maximum Gasteiger partial charge on any atom is 0.168 e. The Balaban J connectivity index is 0.000000208. The fourth-order valence-electron chi connectivity index (χ4n) is 12.8. The molecule has 2 aromatic carbocycles. The molecule has 4 saturated heterocycles. The summed E-state index contributed by atoms with van der Waals surface area (Å²) in [6.07, 6.45) is 24.4. The highest BCUT2D eigenvalue weighted by molar-refractivity contribution is 7.59. The van der Waals surface area contributed by atoms with E-state index in [0.29, 0.717) is 40.8 Å². The smallest absolute Gasteiger partial charge is 0.168 e. The van der Waals surface area contributed by atoms with Crippen LogP contribution in [0.15, 0.2) is 78.3 Å². The van der Waals surface area contributed by atoms with Crippen LogP contribution in [0, 0.1) is 0 Å². The molecular formula is C73H133N10PSi2. The molecule has 13 heteroatoms. The van der Waals surface area contributed by atoms with Crippen molar-refractivity contribution < 1.29 is 0 Å². The second-order valence-corrected chi connectivity index (χ2v) is 44.6. The lowest BCUT2D eigenvalue weighted by Crippen LogP contribution is -2.44. The first-order valence-corrected chi connectivity index (χ1v) is 40.4. The van der Waals surface area contributed by atoms with E-state index < -0.39 is 15.6 Å². The highest BCUT2D eigenvalue weighted by Crippen LogP contribution is 2.64. The third-order valence-corrected chi connectivity index (χ3v) is 31.1. The largest absolute Gasteiger partial charge is 0.356 e. The summed E-state index contributed by atoms with van der Waals surface area (Å²) in [7, 11) is -1.37. The standard InChI is InChI=1S/C27H38N2.C16H33N4P.C11H22N2.C10H22Si2.C9H18N2/c1-18(2)22-11-9-12-23(19(3)4)26(22)28-15-16-29(17-28)27-24(20(5)6)13-10-14-25(27)21(7)8;1-16(2,3)17-21(18-10-4-5-11-18,19-12-6-7-13-19)20-14-8-9-15-20;1-10(2,3)12-7-8-13(9-12)11(4,5)6;1-9(2)7-8-10(3,11-9)12(4,5)6;1-8(2)10-5-6-11(7-10)9(3)4/h9-16,18-21H,17H2,1-8H3;4-15H2,1-3H3;7-8H,9H2,1-6H3;7-8H2,1-6H3;5-6,8-9H,7H2,1-4H3. The van der Waals surface area contributed by atoms with Crippen molar-refractivity contribution >= 4 is 36.5 Å². The Labute approximate surface area is 536 Å². The summed E-state index contributed by atoms with van der Waals surface area (Å²) in [5, 5.41) is 0.648. The highest BCUT2D eigenvalue weighted by Gasteiger charge is 2.48. The van der Waals surface area contributed by atoms with Gasteiger partial charge in [-0.15, -0.1) is 0 Å². The summed E-state index contributed by atoms with van der Waals surface area (Å²) < 4.78 is 14.7. The second kappa shape index (κ2) is 30.4. The average molecular weight is 1240 g/mol. The molecule has 10 nitrogen and oxygen atoms in total. The van der Waals surface area contributed by atoms with Crippen LogP contribution in [0.3, 0.4) is 0 Å². The number of rotatable bonds is 12. The molecule has 2 aromatic rings. The third-order valence-electron chi connectivity index (χ3n) is 18.9. The van der Waals surface area contributed by atoms with Gasteiger partial charge in [-0.1, -0.05) is 145 Å². The number of hydrogen-bond donors (Lipinski definition) is 0. The fraction of sp³-hybridized carbons (Fsp3) is 0.753. The van der Waals surface area contributed by atoms with E-state index in [-0.39, 0.29) is 16.6 Å². The van der Waals surface area contributed by atoms with E-state index in [1.165, 1.54) is 134 Å². The minimum absolute atomic E-state index is 0.0571. The summed E-state index contributed by atoms with van der Waals surface area (Å²) >= 11 is 0. The first-order valence-electron chi connectivity index (χ1n) is 34.3. The molecular weight excluding hydrogens is 1100 g/mol. The SMILES string of the molecule is CC(C)(C)N1C=CN(C(C)(C)C)C1.CC(C)(C)N=P(N1CCCC1)(N1CCCC1)N1CCCC1.CC(C)N1C=CN(C(C)C)C1.CC(C)c1cccc(C(C)C)c1N1C=CN(c2c(C(C)C)cccc2C(C)C)C1.CC1(C)CCC(C)([Si](C)(C)C)[Si]1. The van der Waals surface area contributed by atoms with E-state index in [9.17, 15) is 0 Å². The predicted octanol–water partition coefficient (Wildman–Crippen LogP) is 20.2. The summed E-state index contributed by atoms with van der Waals surface area (Å²) in [5.41, 5.74) is 9.05. The van der Waals surface area contributed by atoms with E-state index in [1.807, 2.05) is 0 Å². The lowest BCUT2D eigenvalue weighted by Gasteiger charge is -2.47. The van der Waals surface area contributed by atoms with E-state index in [2.05, 4.69) is 303 Å². The Morgan fingerprint density at radius 1 is 0.453 bits per heavy atom. The van der Waals surface area contributed by atoms with Crippen LogP contribution in [0.5, 0.6) is 0 Å². The quantitative estimate of drug-likeness (QED) is 0.153. The topological polar surface area (TPSA) is 41.5 Å². The summed E-state index contributed by atoms with van der Waals surface area (Å²) in [6, 6.07) is 14.9. The van der Waals surface area contributed by atoms with Crippen LogP contribution < -0.4 is 9.80 Å². The summed E-state index contributed by atoms with van der Waals surface area (Å²) in [4.78, 5) is 14.3. The van der Waals surface area contributed by atoms with Crippen molar-refractivity contribution in [2.75, 3.05) is 69.1 Å². The Morgan fingerprint density at radius 2 is 0.779 bits per heavy atom. The molecule has 7 heterocycles. The molecule has 86 heavy (non-hydrogen) atoms. The molecule has 1 unspecified atom stereocenters. The molecule has 1 atom stereocenters. The molecule has 7 aliphatic heterocycles. The monoisotopic (exact) mass is 1240 g/mol. The third kappa shape index (κ3) is 19.5. The zero-order valence-corrected chi connectivity index (χ0v) is 63.7. The zero-order valence-electron chi connectivity index (χ0n) is 60.8. The Morgan fingerprint density at radius 3 is 0.988 bits per heavy atom. The minimum Gasteiger partial charge on any atom is -0.356 e. The highest BCUT2D eigenvalue weighted by atomic mass is 31.2. The van der Waals surface area contributed by atoms with E-state index in [4.69, 9.17) is 4.74 Å². The van der Waals surface area contributed by atoms with E-state index in [0.717, 1.165) is 24.7 Å². The Kier molecular flexibility index (Phi) is 26.1. The van der Waals surface area contributed by atoms with Gasteiger partial charge in [0.2, 0.25) is 0 Å². The van der Waals surface area contributed by atoms with Gasteiger partial charge in [0, 0.05) is 129 Å². The Hall–Kier alpha value is -3.00. The number of anilines is 2. The van der Waals surface area contributed by atoms with Crippen LogP contribution in [0.4, 0.5) is 11.4 Å². The van der Waals surface area contributed by atoms with Crippen molar-refractivity contribution in [1.29, 1.82) is 0 Å². The molecule has 0 aliphatic carbocycles. The van der Waals surface area contributed by atoms with Gasteiger partial charge < -0.3 is 29.4 Å². The van der Waals surface area contributed by atoms with Gasteiger partial charge in [-0.25, -0.2) is 14.0 Å². The molecule has 488 valence electrons. The molecule has 0 aromatic heterocycles. The minimum atomic E-state index is -1.64. The maximum absolute atomic E-state index is 5.58. The lowest BCUT2D eigenvalue weighted by molar-refractivity contribution is 0.110. The van der Waals surface area contributed by atoms with E-state index >= 15 is 0 Å². The second-order valence-electron chi connectivity index (χ2n) is 32.8. The lowest BCUT2D eigenvalue weighted by atomic mass is 9.91. The van der Waals surface area contributed by atoms with Crippen molar-refractivity contribution in [3.63, 3.8) is 0 Å². The van der Waals surface area contributed by atoms with Crippen molar-refractivity contribution in [1.82, 2.24) is 33.6 Å². The van der Waals surface area contributed by atoms with Gasteiger partial charge in [0.25, 0.3) is 0 Å². The number of para-hydroxylation sites is 2. The fourth-order valence-corrected chi connectivity index (χ4v) is 22.9. The summed E-state index contributed by atoms with van der Waals surface area (Å²) in [6.45, 7) is 73.1. The van der Waals surface area contributed by atoms with Crippen LogP contribution in [-0.4, -0.2) is 139 Å². The molecule has 0 spiro atoms. The molecule has 2 radical (unpaired) electrons. The normalized spacial score (nSPS) is 21.4. The number of benzene rings is 2. The zero-order chi connectivity index (χ0) is 64.5. The van der Waals surface area contributed by atoms with Crippen LogP contribution >= 0.6 is 7.51 Å². The molecule has 0 bridgehead atoms. The van der Waals surface area contributed by atoms with Gasteiger partial charge >= 0.3 is 0 Å². The maximum atomic E-state index is 5.58. The molecule has 0 N–H and O–H groups in total. The first-order chi connectivity index (χ1) is 39.7. The molecule has 0 amide bonds. The van der Waals surface area contributed by atoms with Gasteiger partial charge in [-0.3, -0.25) is 4.74 Å². The van der Waals surface area contributed by atoms with Crippen molar-refractivity contribution in [2.24, 2.45) is 4.74 Å². The van der Waals surface area contributed by atoms with E-state index in [1.54, 1.807) is 0 Å². The van der Waals surface area contributed by atoms with Crippen LogP contribution in [-0.2, 0) is 0 Å². The van der Waals surface area contributed by atoms with Crippen molar-refractivity contribution in [2.45, 2.75) is 299 Å². The van der Waals surface area contributed by atoms with Crippen molar-refractivity contribution in [3.05, 3.63) is 95.9 Å².